The van der Waals surface area contributed by atoms with Gasteiger partial charge in [0.15, 0.2) is 0 Å². The molecule has 2 bridgehead atoms. The number of benzene rings is 1. The lowest BCUT2D eigenvalue weighted by Crippen LogP contribution is -2.49. The van der Waals surface area contributed by atoms with E-state index >= 15 is 0 Å². The van der Waals surface area contributed by atoms with Crippen LogP contribution in [0.25, 0.3) is 0 Å². The van der Waals surface area contributed by atoms with Crippen molar-refractivity contribution in [1.29, 1.82) is 0 Å². The molecule has 37 heavy (non-hydrogen) atoms. The molecule has 3 aromatic rings. The molecule has 1 aromatic carbocycles. The number of ether oxygens (including phenoxy) is 1. The average Bonchev–Trinajstić information content (AvgIpc) is 3.31. The number of aromatic nitrogens is 5. The Bertz CT molecular complexity index is 1290. The van der Waals surface area contributed by atoms with Crippen molar-refractivity contribution in [2.24, 2.45) is 11.8 Å². The Balaban J connectivity index is 1.40. The fraction of sp³-hybridized carbons (Fsp3) is 0.455. The van der Waals surface area contributed by atoms with Gasteiger partial charge in [-0.3, -0.25) is 0 Å². The first-order valence-corrected chi connectivity index (χ1v) is 12.1. The molecule has 5 rings (SSSR count). The zero-order valence-electron chi connectivity index (χ0n) is 20.2. The van der Waals surface area contributed by atoms with Crippen LogP contribution in [0, 0.1) is 24.6 Å². The molecule has 10 radical (unpaired) electrons. The first-order valence-electron chi connectivity index (χ1n) is 11.8. The molecule has 8 nitrogen and oxygen atoms in total. The molecule has 178 valence electrons. The number of nitrogens with zero attached hydrogens (tertiary/aromatic N) is 6. The Morgan fingerprint density at radius 1 is 1.08 bits per heavy atom. The molecule has 1 aliphatic carbocycles. The fourth-order valence-corrected chi connectivity index (χ4v) is 5.07. The number of nitrogens with one attached hydrogen (secondary N) is 1. The van der Waals surface area contributed by atoms with Gasteiger partial charge < -0.3 is 15.0 Å². The van der Waals surface area contributed by atoms with Crippen molar-refractivity contribution in [2.45, 2.75) is 36.3 Å². The van der Waals surface area contributed by atoms with Crippen molar-refractivity contribution in [3.63, 3.8) is 0 Å². The number of piperidine rings is 1. The molecular formula is C22H20B5ClFN7O. The van der Waals surface area contributed by atoms with Crippen LogP contribution in [0.5, 0.6) is 11.8 Å². The van der Waals surface area contributed by atoms with E-state index in [2.05, 4.69) is 30.3 Å². The van der Waals surface area contributed by atoms with Crippen LogP contribution < -0.4 is 15.0 Å². The van der Waals surface area contributed by atoms with Crippen molar-refractivity contribution < 1.29 is 9.13 Å². The number of rotatable bonds is 7. The predicted molar refractivity (Wildman–Crippen MR) is 144 cm³/mol. The topological polar surface area (TPSA) is 81.0 Å². The molecule has 2 fully saturated rings. The van der Waals surface area contributed by atoms with E-state index in [0.717, 1.165) is 48.2 Å². The van der Waals surface area contributed by atoms with Crippen LogP contribution in [-0.4, -0.2) is 83.1 Å². The lowest BCUT2D eigenvalue weighted by atomic mass is 9.26. The standard InChI is InChI=1S/C22H20B5ClFN7O/c1-11-6-17(31-10-30-11)35-8-12-2-3-13(9-35)18(12)32-19-33-20(36(34-19)22(26,27)21(23,24)25)37-14-4-5-16(29)15(28)7-14/h4-7,10,12-13,18H,2-3,8-9H2,1H3,(H,32,34)/t12-,13+,18?. The molecule has 3 heterocycles. The minimum Gasteiger partial charge on any atom is -0.424 e. The number of hydrogen-bond donors (Lipinski definition) is 1. The average molecular weight is 507 g/mol. The molecule has 2 aliphatic rings. The van der Waals surface area contributed by atoms with Gasteiger partial charge in [0.2, 0.25) is 5.95 Å². The second-order valence-electron chi connectivity index (χ2n) is 9.76. The predicted octanol–water partition coefficient (Wildman–Crippen LogP) is 1.81. The number of aryl methyl sites for hydroxylation is 1. The van der Waals surface area contributed by atoms with Crippen LogP contribution in [0.2, 0.25) is 10.1 Å². The molecule has 1 N–H and O–H groups in total. The van der Waals surface area contributed by atoms with Crippen LogP contribution in [-0.2, 0) is 5.34 Å². The van der Waals surface area contributed by atoms with Gasteiger partial charge in [0.05, 0.1) is 44.3 Å². The minimum atomic E-state index is -2.09. The molecule has 15 heteroatoms. The van der Waals surface area contributed by atoms with Gasteiger partial charge in [-0.05, 0) is 49.1 Å². The van der Waals surface area contributed by atoms with Crippen molar-refractivity contribution in [3.05, 3.63) is 47.1 Å². The third-order valence-corrected chi connectivity index (χ3v) is 7.25. The highest BCUT2D eigenvalue weighted by atomic mass is 35.5. The van der Waals surface area contributed by atoms with Gasteiger partial charge in [0.25, 0.3) is 0 Å². The molecular weight excluding hydrogens is 487 g/mol. The van der Waals surface area contributed by atoms with E-state index < -0.39 is 16.3 Å². The lowest BCUT2D eigenvalue weighted by molar-refractivity contribution is 0.373. The number of anilines is 2. The number of hydrogen-bond acceptors (Lipinski definition) is 7. The summed E-state index contributed by atoms with van der Waals surface area (Å²) in [7, 11) is 29.9. The maximum absolute atomic E-state index is 13.6. The smallest absolute Gasteiger partial charge is 0.321 e. The van der Waals surface area contributed by atoms with Gasteiger partial charge in [0, 0.05) is 37.0 Å². The molecule has 1 saturated heterocycles. The van der Waals surface area contributed by atoms with Crippen LogP contribution in [0.15, 0.2) is 30.6 Å². The van der Waals surface area contributed by atoms with Gasteiger partial charge in [-0.2, -0.15) is 4.98 Å². The van der Waals surface area contributed by atoms with E-state index in [0.29, 0.717) is 11.8 Å². The van der Waals surface area contributed by atoms with Gasteiger partial charge in [-0.15, -0.1) is 10.2 Å². The maximum Gasteiger partial charge on any atom is 0.321 e. The molecule has 3 atom stereocenters. The Hall–Kier alpha value is -2.62. The number of fused-ring (bicyclic) bond motifs is 2. The Kier molecular flexibility index (Phi) is 6.75. The van der Waals surface area contributed by atoms with Crippen LogP contribution >= 0.6 is 11.6 Å². The van der Waals surface area contributed by atoms with E-state index in [1.807, 2.05) is 13.0 Å². The van der Waals surface area contributed by atoms with E-state index in [-0.39, 0.29) is 28.8 Å². The van der Waals surface area contributed by atoms with Crippen molar-refractivity contribution in [3.8, 4) is 11.8 Å². The summed E-state index contributed by atoms with van der Waals surface area (Å²) in [4.78, 5) is 15.4. The van der Waals surface area contributed by atoms with E-state index in [9.17, 15) is 4.39 Å². The molecule has 1 unspecified atom stereocenters. The zero-order chi connectivity index (χ0) is 26.5. The molecule has 0 amide bonds. The van der Waals surface area contributed by atoms with Gasteiger partial charge >= 0.3 is 6.01 Å². The first-order chi connectivity index (χ1) is 17.4. The van der Waals surface area contributed by atoms with Crippen LogP contribution in [0.4, 0.5) is 16.2 Å². The molecule has 1 aliphatic heterocycles. The third-order valence-electron chi connectivity index (χ3n) is 6.96. The highest BCUT2D eigenvalue weighted by Gasteiger charge is 2.43. The van der Waals surface area contributed by atoms with Crippen molar-refractivity contribution >= 4 is 62.6 Å². The lowest BCUT2D eigenvalue weighted by Gasteiger charge is -2.42. The Morgan fingerprint density at radius 2 is 1.78 bits per heavy atom. The normalized spacial score (nSPS) is 21.7. The fourth-order valence-electron chi connectivity index (χ4n) is 4.90. The molecule has 1 saturated carbocycles. The van der Waals surface area contributed by atoms with Crippen molar-refractivity contribution in [2.75, 3.05) is 23.3 Å². The van der Waals surface area contributed by atoms with Crippen LogP contribution in [0.3, 0.4) is 0 Å². The Labute approximate surface area is 226 Å². The van der Waals surface area contributed by atoms with Gasteiger partial charge in [0.1, 0.15) is 23.7 Å². The SMILES string of the molecule is [B]C([B])([B])C([B])([B])n1nc(NC2[C@@H]3CC[C@H]2CN(c2cc(C)ncn2)C3)nc1Oc1ccc(F)c(Cl)c1. The summed E-state index contributed by atoms with van der Waals surface area (Å²) in [6, 6.07) is 5.73. The second-order valence-corrected chi connectivity index (χ2v) is 10.2. The van der Waals surface area contributed by atoms with E-state index in [1.54, 1.807) is 6.33 Å². The summed E-state index contributed by atoms with van der Waals surface area (Å²) >= 11 is 5.89. The summed E-state index contributed by atoms with van der Waals surface area (Å²) in [5.74, 6) is 1.33. The first kappa shape index (κ1) is 26.0. The summed E-state index contributed by atoms with van der Waals surface area (Å²) in [6.07, 6.45) is 3.66. The van der Waals surface area contributed by atoms with E-state index in [4.69, 9.17) is 55.6 Å². The van der Waals surface area contributed by atoms with E-state index in [1.165, 1.54) is 12.1 Å². The highest BCUT2D eigenvalue weighted by molar-refractivity contribution is 6.66. The quantitative estimate of drug-likeness (QED) is 0.490. The van der Waals surface area contributed by atoms with Gasteiger partial charge in [-0.25, -0.2) is 19.0 Å². The Morgan fingerprint density at radius 3 is 2.41 bits per heavy atom. The maximum atomic E-state index is 13.6. The summed E-state index contributed by atoms with van der Waals surface area (Å²) in [6.45, 7) is 3.58. The van der Waals surface area contributed by atoms with Crippen molar-refractivity contribution in [1.82, 2.24) is 24.7 Å². The minimum absolute atomic E-state index is 0.0893. The summed E-state index contributed by atoms with van der Waals surface area (Å²) < 4.78 is 20.4. The van der Waals surface area contributed by atoms with Gasteiger partial charge in [-0.1, -0.05) is 11.6 Å². The third kappa shape index (κ3) is 5.09. The summed E-state index contributed by atoms with van der Waals surface area (Å²) in [5, 5.41) is 3.50. The molecule has 0 spiro atoms. The number of halogens is 2. The van der Waals surface area contributed by atoms with Crippen LogP contribution in [0.1, 0.15) is 18.5 Å². The second kappa shape index (κ2) is 9.60. The highest BCUT2D eigenvalue weighted by Crippen LogP contribution is 2.41. The largest absolute Gasteiger partial charge is 0.424 e. The zero-order valence-corrected chi connectivity index (χ0v) is 20.9. The monoisotopic (exact) mass is 507 g/mol. The molecule has 2 aromatic heterocycles. The summed E-state index contributed by atoms with van der Waals surface area (Å²) in [5.41, 5.74) is 0.921.